The summed E-state index contributed by atoms with van der Waals surface area (Å²) in [5, 5.41) is 1.18. The second-order valence-corrected chi connectivity index (χ2v) is 8.47. The molecule has 0 spiro atoms. The zero-order valence-electron chi connectivity index (χ0n) is 18.4. The molecule has 0 unspecified atom stereocenters. The number of halogens is 4. The Balaban J connectivity index is 0.000000607. The number of hydrogen-bond donors (Lipinski definition) is 0. The molecule has 0 aliphatic rings. The third-order valence-corrected chi connectivity index (χ3v) is 4.91. The maximum atomic E-state index is 6.16. The molecule has 171 valence electrons. The summed E-state index contributed by atoms with van der Waals surface area (Å²) in [7, 11) is 0. The topological polar surface area (TPSA) is 37.6 Å². The van der Waals surface area contributed by atoms with Crippen molar-refractivity contribution in [1.29, 1.82) is 0 Å². The molecule has 0 atom stereocenters. The molecule has 0 fully saturated rings. The second kappa shape index (κ2) is 14.7. The average molecular weight is 552 g/mol. The molecule has 1 heterocycles. The molecule has 0 aliphatic heterocycles. The average Bonchev–Trinajstić information content (AvgIpc) is 2.68. The minimum Gasteiger partial charge on any atom is -1.00 e. The van der Waals surface area contributed by atoms with E-state index in [0.29, 0.717) is 10.0 Å². The molecule has 32 heavy (non-hydrogen) atoms. The van der Waals surface area contributed by atoms with Crippen molar-refractivity contribution in [2.45, 2.75) is 34.6 Å². The summed E-state index contributed by atoms with van der Waals surface area (Å²) in [4.78, 5) is 13.0. The van der Waals surface area contributed by atoms with Crippen LogP contribution < -0.4 is 24.8 Å². The summed E-state index contributed by atoms with van der Waals surface area (Å²) in [6.45, 7) is 9.91. The van der Waals surface area contributed by atoms with Crippen molar-refractivity contribution in [2.75, 3.05) is 0 Å². The van der Waals surface area contributed by atoms with Crippen LogP contribution in [0.4, 0.5) is 11.4 Å². The Hall–Kier alpha value is -1.39. The summed E-state index contributed by atoms with van der Waals surface area (Å²) < 4.78 is 0.854. The summed E-state index contributed by atoms with van der Waals surface area (Å²) in [5.41, 5.74) is 7.03. The minimum atomic E-state index is 0. The molecule has 0 amide bonds. The molecular formula is C24H24Cl4FeN3. The molecule has 0 saturated carbocycles. The molecule has 0 aliphatic carbocycles. The van der Waals surface area contributed by atoms with Crippen LogP contribution >= 0.6 is 23.2 Å². The van der Waals surface area contributed by atoms with Crippen molar-refractivity contribution in [3.05, 3.63) is 87.2 Å². The van der Waals surface area contributed by atoms with Crippen LogP contribution in [0.2, 0.25) is 10.0 Å². The smallest absolute Gasteiger partial charge is 1.00 e. The van der Waals surface area contributed by atoms with E-state index in [0.717, 1.165) is 32.8 Å². The Labute approximate surface area is 221 Å². The van der Waals surface area contributed by atoms with Crippen LogP contribution in [0, 0.1) is 20.8 Å². The molecule has 0 radical (unpaired) electrons. The molecule has 3 nitrogen and oxygen atoms in total. The van der Waals surface area contributed by atoms with Crippen molar-refractivity contribution < 1.29 is 40.8 Å². The maximum absolute atomic E-state index is 6.16. The molecule has 8 heteroatoms. The van der Waals surface area contributed by atoms with Gasteiger partial charge in [0.1, 0.15) is 0 Å². The van der Waals surface area contributed by atoms with E-state index < -0.39 is 0 Å². The first kappa shape index (κ1) is 30.6. The van der Waals surface area contributed by atoms with Gasteiger partial charge in [0.15, 0.2) is 0 Å². The number of hydrogen-bond acceptors (Lipinski definition) is 3. The standard InChI is InChI=1S/C14H12Cl2N2.C10H12N.2ClH.Fe/c1-9-6-12(15)7-13(16)14(9)18-10(2)11-4-3-5-17-8-11;1-4-11-10-8(2)6-5-7-9(10)3;;;/h3-8H,1-2H3;5-7H,1-3H3;2*1H;/q;;;;+2/p-2. The normalized spacial score (nSPS) is 11.0. The van der Waals surface area contributed by atoms with E-state index in [1.807, 2.05) is 45.0 Å². The number of aliphatic imine (C=N–C) groups is 2. The fraction of sp³-hybridized carbons (Fsp3) is 0.208. The van der Waals surface area contributed by atoms with Gasteiger partial charge in [0, 0.05) is 28.7 Å². The van der Waals surface area contributed by atoms with E-state index in [-0.39, 0.29) is 24.8 Å². The van der Waals surface area contributed by atoms with Crippen LogP contribution in [0.1, 0.15) is 36.1 Å². The van der Waals surface area contributed by atoms with Crippen LogP contribution in [0.25, 0.3) is 0 Å². The van der Waals surface area contributed by atoms with Crippen LogP contribution in [-0.4, -0.2) is 15.3 Å². The monoisotopic (exact) mass is 550 g/mol. The van der Waals surface area contributed by atoms with Gasteiger partial charge >= 0.3 is 81.4 Å². The third-order valence-electron chi connectivity index (χ3n) is 4.28. The van der Waals surface area contributed by atoms with Gasteiger partial charge < -0.3 is 24.8 Å². The van der Waals surface area contributed by atoms with Gasteiger partial charge in [0.05, 0.1) is 10.7 Å². The predicted octanol–water partition coefficient (Wildman–Crippen LogP) is 1.75. The molecule has 0 saturated heterocycles. The van der Waals surface area contributed by atoms with E-state index in [9.17, 15) is 0 Å². The Kier molecular flexibility index (Phi) is 14.1. The number of aryl methyl sites for hydroxylation is 3. The number of nitrogens with zero attached hydrogens (tertiary/aromatic N) is 3. The Morgan fingerprint density at radius 2 is 1.47 bits per heavy atom. The largest absolute Gasteiger partial charge is 1.00 e. The number of rotatable bonds is 3. The Bertz CT molecular complexity index is 1040. The molecule has 2 aromatic carbocycles. The van der Waals surface area contributed by atoms with Gasteiger partial charge in [-0.25, -0.2) is 0 Å². The maximum Gasteiger partial charge on any atom is -1.00 e. The molecular weight excluding hydrogens is 528 g/mol. The van der Waals surface area contributed by atoms with Gasteiger partial charge in [-0.3, -0.25) is 9.98 Å². The zero-order chi connectivity index (χ0) is 22.3. The van der Waals surface area contributed by atoms with Gasteiger partial charge in [-0.15, -0.1) is 0 Å². The summed E-state index contributed by atoms with van der Waals surface area (Å²) in [5.74, 6) is 0. The van der Waals surface area contributed by atoms with E-state index in [2.05, 4.69) is 57.0 Å². The Morgan fingerprint density at radius 3 is 1.97 bits per heavy atom. The van der Waals surface area contributed by atoms with E-state index in [1.54, 1.807) is 18.5 Å². The Morgan fingerprint density at radius 1 is 0.844 bits per heavy atom. The zero-order valence-corrected chi connectivity index (χ0v) is 22.5. The summed E-state index contributed by atoms with van der Waals surface area (Å²) >= 11 is 15.9. The number of aromatic nitrogens is 1. The van der Waals surface area contributed by atoms with Crippen LogP contribution in [-0.2, 0) is 16.0 Å². The van der Waals surface area contributed by atoms with Gasteiger partial charge in [-0.05, 0) is 37.6 Å². The molecule has 3 rings (SSSR count). The van der Waals surface area contributed by atoms with Gasteiger partial charge in [-0.1, -0.05) is 29.3 Å². The summed E-state index contributed by atoms with van der Waals surface area (Å²) in [6, 6.07) is 13.6. The fourth-order valence-electron chi connectivity index (χ4n) is 2.78. The van der Waals surface area contributed by atoms with Crippen LogP contribution in [0.3, 0.4) is 0 Å². The first-order chi connectivity index (χ1) is 14.2. The van der Waals surface area contributed by atoms with E-state index in [1.165, 1.54) is 11.1 Å². The van der Waals surface area contributed by atoms with Crippen molar-refractivity contribution in [3.63, 3.8) is 0 Å². The predicted molar refractivity (Wildman–Crippen MR) is 126 cm³/mol. The molecule has 0 bridgehead atoms. The number of pyridine rings is 1. The number of para-hydroxylation sites is 1. The van der Waals surface area contributed by atoms with E-state index >= 15 is 0 Å². The van der Waals surface area contributed by atoms with Crippen molar-refractivity contribution in [3.8, 4) is 0 Å². The molecule has 1 aromatic heterocycles. The third kappa shape index (κ3) is 9.23. The van der Waals surface area contributed by atoms with Crippen molar-refractivity contribution in [2.24, 2.45) is 9.98 Å². The summed E-state index contributed by atoms with van der Waals surface area (Å²) in [6.07, 6.45) is 3.51. The first-order valence-corrected chi connectivity index (χ1v) is 10.7. The SMILES string of the molecule is CC(=Nc1c(C)cc(Cl)cc1Cl)c1cccnc1.C[C]([Fe+2])=Nc1c(C)cccc1C.[Cl-].[Cl-]. The minimum absolute atomic E-state index is 0. The quantitative estimate of drug-likeness (QED) is 0.361. The van der Waals surface area contributed by atoms with Crippen LogP contribution in [0.15, 0.2) is 64.8 Å². The van der Waals surface area contributed by atoms with E-state index in [4.69, 9.17) is 23.2 Å². The first-order valence-electron chi connectivity index (χ1n) is 9.36. The van der Waals surface area contributed by atoms with Crippen LogP contribution in [0.5, 0.6) is 0 Å². The van der Waals surface area contributed by atoms with Gasteiger partial charge in [0.25, 0.3) is 0 Å². The fourth-order valence-corrected chi connectivity index (χ4v) is 3.54. The molecule has 0 N–H and O–H groups in total. The van der Waals surface area contributed by atoms with Crippen molar-refractivity contribution >= 4 is 44.9 Å². The van der Waals surface area contributed by atoms with Crippen molar-refractivity contribution in [1.82, 2.24) is 4.98 Å². The van der Waals surface area contributed by atoms with Gasteiger partial charge in [-0.2, -0.15) is 0 Å². The molecule has 3 aromatic rings. The second-order valence-electron chi connectivity index (χ2n) is 6.82. The number of benzene rings is 2. The van der Waals surface area contributed by atoms with Gasteiger partial charge in [0.2, 0.25) is 0 Å².